The summed E-state index contributed by atoms with van der Waals surface area (Å²) in [5.41, 5.74) is 1.64. The van der Waals surface area contributed by atoms with E-state index in [0.717, 1.165) is 29.9 Å². The van der Waals surface area contributed by atoms with Gasteiger partial charge in [-0.05, 0) is 25.8 Å². The monoisotopic (exact) mass is 368 g/mol. The molecule has 2 aromatic rings. The molecule has 4 rings (SSSR count). The number of hydrogen-bond acceptors (Lipinski definition) is 7. The Labute approximate surface area is 156 Å². The number of likely N-dealkylation sites (tertiary alicyclic amines) is 1. The normalized spacial score (nSPS) is 23.0. The van der Waals surface area contributed by atoms with Crippen LogP contribution in [0.4, 0.5) is 4.79 Å². The topological polar surface area (TPSA) is 110 Å². The number of alkyl carbamates (subject to hydrolysis) is 1. The second-order valence-electron chi connectivity index (χ2n) is 6.76. The Balaban J connectivity index is 1.41. The molecule has 0 saturated carbocycles. The Morgan fingerprint density at radius 2 is 2.00 bits per heavy atom. The first kappa shape index (κ1) is 17.3. The van der Waals surface area contributed by atoms with Crippen molar-refractivity contribution in [2.45, 2.75) is 37.8 Å². The molecule has 9 nitrogen and oxygen atoms in total. The van der Waals surface area contributed by atoms with E-state index in [2.05, 4.69) is 25.3 Å². The summed E-state index contributed by atoms with van der Waals surface area (Å²) in [7, 11) is 0. The number of rotatable bonds is 3. The van der Waals surface area contributed by atoms with Crippen molar-refractivity contribution in [1.29, 1.82) is 0 Å². The van der Waals surface area contributed by atoms with Crippen molar-refractivity contribution < 1.29 is 14.3 Å². The van der Waals surface area contributed by atoms with E-state index in [0.29, 0.717) is 13.1 Å². The van der Waals surface area contributed by atoms with Crippen molar-refractivity contribution in [2.75, 3.05) is 13.1 Å². The van der Waals surface area contributed by atoms with Crippen LogP contribution in [0.1, 0.15) is 31.5 Å². The number of ether oxygens (including phenoxy) is 1. The highest BCUT2D eigenvalue weighted by Crippen LogP contribution is 2.27. The summed E-state index contributed by atoms with van der Waals surface area (Å²) in [6.07, 6.45) is 7.24. The van der Waals surface area contributed by atoms with E-state index < -0.39 is 18.2 Å². The first-order chi connectivity index (χ1) is 13.1. The molecule has 0 aliphatic carbocycles. The van der Waals surface area contributed by atoms with Gasteiger partial charge in [-0.1, -0.05) is 0 Å². The summed E-state index contributed by atoms with van der Waals surface area (Å²) < 4.78 is 5.00. The van der Waals surface area contributed by atoms with Crippen molar-refractivity contribution in [2.24, 2.45) is 0 Å². The van der Waals surface area contributed by atoms with Crippen LogP contribution in [-0.4, -0.2) is 62.1 Å². The number of nitrogens with one attached hydrogen (secondary N) is 1. The van der Waals surface area contributed by atoms with Gasteiger partial charge in [0.25, 0.3) is 0 Å². The average molecular weight is 368 g/mol. The van der Waals surface area contributed by atoms with Crippen molar-refractivity contribution >= 4 is 12.0 Å². The standard InChI is InChI=1S/C18H20N6O3/c1-11-15(23-18(26)27-11)17(25)24-6-3-12(4-7-24)16-21-5-2-14(22-16)13-8-19-10-20-9-13/h2,5,8-12,15H,3-4,6-7H2,1H3,(H,23,26). The number of aromatic nitrogens is 4. The van der Waals surface area contributed by atoms with E-state index in [1.165, 1.54) is 6.33 Å². The zero-order valence-electron chi connectivity index (χ0n) is 14.9. The van der Waals surface area contributed by atoms with E-state index in [4.69, 9.17) is 4.74 Å². The zero-order valence-corrected chi connectivity index (χ0v) is 14.9. The lowest BCUT2D eigenvalue weighted by Gasteiger charge is -2.33. The zero-order chi connectivity index (χ0) is 18.8. The molecular weight excluding hydrogens is 348 g/mol. The van der Waals surface area contributed by atoms with Gasteiger partial charge in [-0.15, -0.1) is 0 Å². The molecule has 0 bridgehead atoms. The van der Waals surface area contributed by atoms with Gasteiger partial charge in [0.15, 0.2) is 0 Å². The number of amides is 2. The maximum atomic E-state index is 12.6. The molecule has 2 fully saturated rings. The van der Waals surface area contributed by atoms with Crippen molar-refractivity contribution in [3.63, 3.8) is 0 Å². The van der Waals surface area contributed by atoms with E-state index in [1.54, 1.807) is 30.4 Å². The molecule has 1 N–H and O–H groups in total. The second kappa shape index (κ2) is 7.26. The van der Waals surface area contributed by atoms with Gasteiger partial charge >= 0.3 is 6.09 Å². The third-order valence-electron chi connectivity index (χ3n) is 5.00. The van der Waals surface area contributed by atoms with Gasteiger partial charge in [-0.2, -0.15) is 0 Å². The van der Waals surface area contributed by atoms with Crippen LogP contribution in [0.15, 0.2) is 31.0 Å². The summed E-state index contributed by atoms with van der Waals surface area (Å²) in [6, 6.07) is 1.23. The fraction of sp³-hybridized carbons (Fsp3) is 0.444. The summed E-state index contributed by atoms with van der Waals surface area (Å²) in [5.74, 6) is 0.864. The van der Waals surface area contributed by atoms with Gasteiger partial charge in [0.05, 0.1) is 5.69 Å². The molecule has 2 unspecified atom stereocenters. The van der Waals surface area contributed by atoms with Crippen LogP contribution in [0.5, 0.6) is 0 Å². The smallest absolute Gasteiger partial charge is 0.408 e. The quantitative estimate of drug-likeness (QED) is 0.865. The number of hydrogen-bond donors (Lipinski definition) is 1. The van der Waals surface area contributed by atoms with Gasteiger partial charge in [-0.3, -0.25) is 4.79 Å². The molecule has 0 spiro atoms. The molecule has 2 amide bonds. The molecule has 2 saturated heterocycles. The number of carbonyl (C=O) groups is 2. The lowest BCUT2D eigenvalue weighted by molar-refractivity contribution is -0.135. The first-order valence-electron chi connectivity index (χ1n) is 8.96. The van der Waals surface area contributed by atoms with E-state index in [9.17, 15) is 9.59 Å². The fourth-order valence-corrected chi connectivity index (χ4v) is 3.50. The summed E-state index contributed by atoms with van der Waals surface area (Å²) in [6.45, 7) is 2.93. The Morgan fingerprint density at radius 1 is 1.26 bits per heavy atom. The number of carbonyl (C=O) groups excluding carboxylic acids is 2. The van der Waals surface area contributed by atoms with Crippen LogP contribution < -0.4 is 5.32 Å². The molecule has 4 heterocycles. The Morgan fingerprint density at radius 3 is 2.67 bits per heavy atom. The van der Waals surface area contributed by atoms with Crippen LogP contribution in [0.2, 0.25) is 0 Å². The molecule has 2 aliphatic rings. The molecule has 9 heteroatoms. The molecule has 0 aromatic carbocycles. The van der Waals surface area contributed by atoms with Gasteiger partial charge in [0.1, 0.15) is 24.3 Å². The van der Waals surface area contributed by atoms with Gasteiger partial charge in [-0.25, -0.2) is 24.7 Å². The Hall–Kier alpha value is -3.10. The fourth-order valence-electron chi connectivity index (χ4n) is 3.50. The lowest BCUT2D eigenvalue weighted by atomic mass is 9.95. The predicted octanol–water partition coefficient (Wildman–Crippen LogP) is 1.14. The minimum atomic E-state index is -0.605. The first-order valence-corrected chi connectivity index (χ1v) is 8.96. The minimum absolute atomic E-state index is 0.0945. The molecule has 2 aliphatic heterocycles. The van der Waals surface area contributed by atoms with E-state index >= 15 is 0 Å². The van der Waals surface area contributed by atoms with Crippen LogP contribution in [0.3, 0.4) is 0 Å². The maximum Gasteiger partial charge on any atom is 0.408 e. The van der Waals surface area contributed by atoms with Gasteiger partial charge in [0.2, 0.25) is 5.91 Å². The van der Waals surface area contributed by atoms with Crippen LogP contribution in [-0.2, 0) is 9.53 Å². The highest BCUT2D eigenvalue weighted by atomic mass is 16.6. The van der Waals surface area contributed by atoms with Crippen LogP contribution in [0, 0.1) is 0 Å². The maximum absolute atomic E-state index is 12.6. The molecule has 140 valence electrons. The SMILES string of the molecule is CC1OC(=O)NC1C(=O)N1CCC(c2nccc(-c3cncnc3)n2)CC1. The summed E-state index contributed by atoms with van der Waals surface area (Å²) in [4.78, 5) is 42.9. The molecule has 0 radical (unpaired) electrons. The number of piperidine rings is 1. The Kier molecular flexibility index (Phi) is 4.66. The molecular formula is C18H20N6O3. The molecule has 2 aromatic heterocycles. The second-order valence-corrected chi connectivity index (χ2v) is 6.76. The van der Waals surface area contributed by atoms with Crippen LogP contribution >= 0.6 is 0 Å². The third kappa shape index (κ3) is 3.57. The Bertz CT molecular complexity index is 838. The highest BCUT2D eigenvalue weighted by Gasteiger charge is 2.39. The molecule has 2 atom stereocenters. The summed E-state index contributed by atoms with van der Waals surface area (Å²) in [5, 5.41) is 2.58. The van der Waals surface area contributed by atoms with Crippen molar-refractivity contribution in [1.82, 2.24) is 30.2 Å². The third-order valence-corrected chi connectivity index (χ3v) is 5.00. The van der Waals surface area contributed by atoms with Crippen molar-refractivity contribution in [3.8, 4) is 11.3 Å². The van der Waals surface area contributed by atoms with Crippen LogP contribution in [0.25, 0.3) is 11.3 Å². The molecule has 27 heavy (non-hydrogen) atoms. The summed E-state index contributed by atoms with van der Waals surface area (Å²) >= 11 is 0. The number of cyclic esters (lactones) is 1. The van der Waals surface area contributed by atoms with E-state index in [1.807, 2.05) is 6.07 Å². The average Bonchev–Trinajstić information content (AvgIpc) is 3.06. The van der Waals surface area contributed by atoms with E-state index in [-0.39, 0.29) is 11.8 Å². The minimum Gasteiger partial charge on any atom is -0.444 e. The highest BCUT2D eigenvalue weighted by molar-refractivity contribution is 5.88. The van der Waals surface area contributed by atoms with Crippen molar-refractivity contribution in [3.05, 3.63) is 36.8 Å². The predicted molar refractivity (Wildman–Crippen MR) is 94.5 cm³/mol. The largest absolute Gasteiger partial charge is 0.444 e. The van der Waals surface area contributed by atoms with Gasteiger partial charge in [0, 0.05) is 43.2 Å². The lowest BCUT2D eigenvalue weighted by Crippen LogP contribution is -2.50. The number of nitrogens with zero attached hydrogens (tertiary/aromatic N) is 5. The van der Waals surface area contributed by atoms with Gasteiger partial charge < -0.3 is 15.0 Å².